The van der Waals surface area contributed by atoms with E-state index in [9.17, 15) is 0 Å². The number of rotatable bonds is 2. The molecule has 0 saturated carbocycles. The lowest BCUT2D eigenvalue weighted by molar-refractivity contribution is 0.220. The van der Waals surface area contributed by atoms with Gasteiger partial charge in [0.15, 0.2) is 0 Å². The highest BCUT2D eigenvalue weighted by Crippen LogP contribution is 2.31. The van der Waals surface area contributed by atoms with Crippen LogP contribution in [0.2, 0.25) is 0 Å². The van der Waals surface area contributed by atoms with Gasteiger partial charge >= 0.3 is 0 Å². The molecule has 1 aliphatic rings. The van der Waals surface area contributed by atoms with Crippen molar-refractivity contribution >= 4 is 36.0 Å². The molecule has 1 heterocycles. The summed E-state index contributed by atoms with van der Waals surface area (Å²) in [6, 6.07) is 0.173. The molecule has 1 saturated heterocycles. The van der Waals surface area contributed by atoms with Crippen molar-refractivity contribution in [1.82, 2.24) is 4.31 Å². The third-order valence-electron chi connectivity index (χ3n) is 2.48. The highest BCUT2D eigenvalue weighted by Gasteiger charge is 2.37. The van der Waals surface area contributed by atoms with E-state index in [-0.39, 0.29) is 16.9 Å². The molecule has 0 aromatic rings. The number of thiol groups is 1. The van der Waals surface area contributed by atoms with Crippen LogP contribution in [-0.4, -0.2) is 27.3 Å². The van der Waals surface area contributed by atoms with Crippen LogP contribution >= 0.6 is 36.0 Å². The van der Waals surface area contributed by atoms with Crippen LogP contribution in [0, 0.1) is 0 Å². The maximum atomic E-state index is 6.09. The summed E-state index contributed by atoms with van der Waals surface area (Å²) in [6.07, 6.45) is 3.07. The molecule has 4 unspecified atom stereocenters. The normalized spacial score (nSPS) is 42.2. The van der Waals surface area contributed by atoms with E-state index in [2.05, 4.69) is 19.7 Å². The molecule has 0 radical (unpaired) electrons. The number of nitrogens with zero attached hydrogens (tertiary/aromatic N) is 1. The third kappa shape index (κ3) is 2.66. The zero-order valence-electron chi connectivity index (χ0n) is 7.66. The fourth-order valence-corrected chi connectivity index (χ4v) is 2.78. The van der Waals surface area contributed by atoms with E-state index in [0.29, 0.717) is 6.04 Å². The van der Waals surface area contributed by atoms with Crippen molar-refractivity contribution in [2.75, 3.05) is 0 Å². The fraction of sp³-hybridized carbons (Fsp3) is 1.00. The molecule has 2 nitrogen and oxygen atoms in total. The minimum absolute atomic E-state index is 0.0255. The van der Waals surface area contributed by atoms with E-state index in [4.69, 9.17) is 28.9 Å². The second-order valence-corrected chi connectivity index (χ2v) is 4.99. The van der Waals surface area contributed by atoms with Gasteiger partial charge in [-0.15, -0.1) is 23.2 Å². The molecule has 1 aliphatic heterocycles. The van der Waals surface area contributed by atoms with E-state index in [1.807, 2.05) is 4.31 Å². The van der Waals surface area contributed by atoms with Gasteiger partial charge in [0.2, 0.25) is 0 Å². The zero-order chi connectivity index (χ0) is 10.0. The number of piperidine rings is 1. The Bertz CT molecular complexity index is 170. The first kappa shape index (κ1) is 11.9. The summed E-state index contributed by atoms with van der Waals surface area (Å²) in [7, 11) is 0. The van der Waals surface area contributed by atoms with Gasteiger partial charge < -0.3 is 5.73 Å². The maximum absolute atomic E-state index is 6.09. The largest absolute Gasteiger partial charge is 0.324 e. The van der Waals surface area contributed by atoms with Crippen LogP contribution in [0.5, 0.6) is 0 Å². The SMILES string of the molecule is CCCC1CC(Cl)C(N)C(Cl)N1S. The van der Waals surface area contributed by atoms with Gasteiger partial charge in [-0.05, 0) is 12.8 Å². The average molecular weight is 243 g/mol. The Labute approximate surface area is 95.3 Å². The molecular formula is C8H16Cl2N2S. The van der Waals surface area contributed by atoms with Crippen LogP contribution in [0.4, 0.5) is 0 Å². The molecular weight excluding hydrogens is 227 g/mol. The Kier molecular flexibility index (Phi) is 4.66. The fourth-order valence-electron chi connectivity index (χ4n) is 1.66. The minimum atomic E-state index is -0.254. The monoisotopic (exact) mass is 242 g/mol. The number of hydrogen-bond acceptors (Lipinski definition) is 3. The minimum Gasteiger partial charge on any atom is -0.324 e. The van der Waals surface area contributed by atoms with E-state index >= 15 is 0 Å². The molecule has 78 valence electrons. The first-order valence-corrected chi connectivity index (χ1v) is 5.86. The lowest BCUT2D eigenvalue weighted by Crippen LogP contribution is -2.55. The van der Waals surface area contributed by atoms with Gasteiger partial charge in [0.25, 0.3) is 0 Å². The van der Waals surface area contributed by atoms with Crippen LogP contribution in [-0.2, 0) is 0 Å². The van der Waals surface area contributed by atoms with E-state index in [1.54, 1.807) is 0 Å². The molecule has 13 heavy (non-hydrogen) atoms. The standard InChI is InChI=1S/C8H16Cl2N2S/c1-2-3-5-4-6(9)7(11)8(10)12(5)13/h5-8,13H,2-4,11H2,1H3. The van der Waals surface area contributed by atoms with E-state index in [1.165, 1.54) is 0 Å². The molecule has 1 fully saturated rings. The Balaban J connectivity index is 2.59. The molecule has 0 aromatic heterocycles. The second-order valence-electron chi connectivity index (χ2n) is 3.52. The quantitative estimate of drug-likeness (QED) is 0.442. The van der Waals surface area contributed by atoms with Crippen LogP contribution in [0.1, 0.15) is 26.2 Å². The van der Waals surface area contributed by atoms with Crippen molar-refractivity contribution in [1.29, 1.82) is 0 Å². The molecule has 0 aromatic carbocycles. The zero-order valence-corrected chi connectivity index (χ0v) is 10.1. The Morgan fingerprint density at radius 3 is 2.69 bits per heavy atom. The number of hydrogen-bond donors (Lipinski definition) is 2. The van der Waals surface area contributed by atoms with Gasteiger partial charge in [-0.3, -0.25) is 0 Å². The van der Waals surface area contributed by atoms with Gasteiger partial charge in [0.1, 0.15) is 5.50 Å². The molecule has 2 N–H and O–H groups in total. The van der Waals surface area contributed by atoms with Gasteiger partial charge in [-0.1, -0.05) is 26.2 Å². The van der Waals surface area contributed by atoms with Crippen molar-refractivity contribution < 1.29 is 0 Å². The first-order valence-electron chi connectivity index (χ1n) is 4.58. The first-order chi connectivity index (χ1) is 6.07. The summed E-state index contributed by atoms with van der Waals surface area (Å²) in [4.78, 5) is 0. The topological polar surface area (TPSA) is 29.3 Å². The van der Waals surface area contributed by atoms with E-state index in [0.717, 1.165) is 19.3 Å². The van der Waals surface area contributed by atoms with Crippen molar-refractivity contribution in [3.63, 3.8) is 0 Å². The highest BCUT2D eigenvalue weighted by atomic mass is 35.5. The predicted molar refractivity (Wildman–Crippen MR) is 61.4 cm³/mol. The summed E-state index contributed by atoms with van der Waals surface area (Å²) >= 11 is 16.5. The Hall–Kier alpha value is 0.850. The predicted octanol–water partition coefficient (Wildman–Crippen LogP) is 2.21. The smallest absolute Gasteiger partial charge is 0.111 e. The van der Waals surface area contributed by atoms with Crippen LogP contribution in [0.25, 0.3) is 0 Å². The third-order valence-corrected chi connectivity index (χ3v) is 4.16. The Morgan fingerprint density at radius 1 is 1.54 bits per heavy atom. The van der Waals surface area contributed by atoms with Crippen LogP contribution in [0.3, 0.4) is 0 Å². The maximum Gasteiger partial charge on any atom is 0.111 e. The molecule has 0 amide bonds. The number of halogens is 2. The summed E-state index contributed by atoms with van der Waals surface area (Å²) in [5.74, 6) is 0. The molecule has 4 atom stereocenters. The average Bonchev–Trinajstić information content (AvgIpc) is 2.11. The van der Waals surface area contributed by atoms with Gasteiger partial charge in [-0.2, -0.15) is 0 Å². The van der Waals surface area contributed by atoms with Crippen molar-refractivity contribution in [2.45, 2.75) is 49.1 Å². The summed E-state index contributed by atoms with van der Waals surface area (Å²) < 4.78 is 1.84. The number of nitrogens with two attached hydrogens (primary N) is 1. The van der Waals surface area contributed by atoms with Crippen LogP contribution < -0.4 is 5.73 Å². The summed E-state index contributed by atoms with van der Waals surface area (Å²) in [6.45, 7) is 2.14. The number of alkyl halides is 2. The summed E-state index contributed by atoms with van der Waals surface area (Å²) in [5, 5.41) is -0.0255. The van der Waals surface area contributed by atoms with Crippen molar-refractivity contribution in [3.05, 3.63) is 0 Å². The molecule has 0 aliphatic carbocycles. The molecule has 1 rings (SSSR count). The van der Waals surface area contributed by atoms with Crippen LogP contribution in [0.15, 0.2) is 0 Å². The van der Waals surface area contributed by atoms with Crippen molar-refractivity contribution in [2.24, 2.45) is 5.73 Å². The Morgan fingerprint density at radius 2 is 2.15 bits per heavy atom. The van der Waals surface area contributed by atoms with Crippen molar-refractivity contribution in [3.8, 4) is 0 Å². The van der Waals surface area contributed by atoms with Gasteiger partial charge in [0, 0.05) is 6.04 Å². The lowest BCUT2D eigenvalue weighted by Gasteiger charge is -2.41. The lowest BCUT2D eigenvalue weighted by atomic mass is 9.97. The summed E-state index contributed by atoms with van der Waals surface area (Å²) in [5.41, 5.74) is 5.56. The molecule has 0 spiro atoms. The van der Waals surface area contributed by atoms with E-state index < -0.39 is 0 Å². The highest BCUT2D eigenvalue weighted by molar-refractivity contribution is 7.77. The second kappa shape index (κ2) is 5.08. The molecule has 5 heteroatoms. The van der Waals surface area contributed by atoms with Gasteiger partial charge in [-0.25, -0.2) is 4.31 Å². The molecule has 0 bridgehead atoms. The van der Waals surface area contributed by atoms with Gasteiger partial charge in [0.05, 0.1) is 11.4 Å².